The highest BCUT2D eigenvalue weighted by molar-refractivity contribution is 5.37. The summed E-state index contributed by atoms with van der Waals surface area (Å²) in [4.78, 5) is 11.5. The molecule has 1 atom stereocenters. The number of benzene rings is 1. The highest BCUT2D eigenvalue weighted by Gasteiger charge is 2.37. The lowest BCUT2D eigenvalue weighted by Crippen LogP contribution is -2.46. The number of nitro benzene ring substituents is 1. The van der Waals surface area contributed by atoms with E-state index in [2.05, 4.69) is 5.32 Å². The normalized spacial score (nSPS) is 18.2. The molecule has 9 heteroatoms. The second-order valence-corrected chi connectivity index (χ2v) is 5.08. The minimum atomic E-state index is -4.49. The first kappa shape index (κ1) is 16.6. The topological polar surface area (TPSA) is 58.4 Å². The van der Waals surface area contributed by atoms with Gasteiger partial charge in [-0.05, 0) is 6.07 Å². The SMILES string of the molecule is O=[N+]([O-])c1ccc(F)c([C@H](CC(F)(F)F)N2CCNCC2)c1. The van der Waals surface area contributed by atoms with E-state index in [9.17, 15) is 27.7 Å². The number of rotatable bonds is 4. The maximum absolute atomic E-state index is 14.0. The monoisotopic (exact) mass is 321 g/mol. The van der Waals surface area contributed by atoms with Crippen LogP contribution in [0, 0.1) is 15.9 Å². The second kappa shape index (κ2) is 6.57. The fourth-order valence-corrected chi connectivity index (χ4v) is 2.55. The van der Waals surface area contributed by atoms with Gasteiger partial charge in [-0.25, -0.2) is 4.39 Å². The Kier molecular flexibility index (Phi) is 4.97. The molecular formula is C13H15F4N3O2. The molecule has 0 aliphatic carbocycles. The van der Waals surface area contributed by atoms with Crippen LogP contribution in [0.4, 0.5) is 23.2 Å². The molecule has 1 aromatic carbocycles. The molecule has 122 valence electrons. The molecule has 0 spiro atoms. The third-order valence-electron chi connectivity index (χ3n) is 3.57. The first-order valence-corrected chi connectivity index (χ1v) is 6.73. The number of nitrogens with one attached hydrogen (secondary N) is 1. The Bertz CT molecular complexity index is 545. The minimum absolute atomic E-state index is 0.284. The Morgan fingerprint density at radius 1 is 1.32 bits per heavy atom. The summed E-state index contributed by atoms with van der Waals surface area (Å²) in [6.45, 7) is 1.63. The number of hydrogen-bond donors (Lipinski definition) is 1. The average Bonchev–Trinajstić information content (AvgIpc) is 2.45. The summed E-state index contributed by atoms with van der Waals surface area (Å²) in [5.74, 6) is -0.863. The Morgan fingerprint density at radius 3 is 2.50 bits per heavy atom. The molecule has 0 saturated carbocycles. The zero-order valence-corrected chi connectivity index (χ0v) is 11.6. The number of alkyl halides is 3. The third kappa shape index (κ3) is 4.14. The van der Waals surface area contributed by atoms with Gasteiger partial charge in [-0.3, -0.25) is 15.0 Å². The summed E-state index contributed by atoms with van der Waals surface area (Å²) in [5, 5.41) is 13.8. The average molecular weight is 321 g/mol. The van der Waals surface area contributed by atoms with Crippen LogP contribution in [0.3, 0.4) is 0 Å². The lowest BCUT2D eigenvalue weighted by molar-refractivity contribution is -0.385. The van der Waals surface area contributed by atoms with Crippen molar-refractivity contribution in [1.29, 1.82) is 0 Å². The molecule has 1 fully saturated rings. The summed E-state index contributed by atoms with van der Waals surface area (Å²) in [6.07, 6.45) is -5.74. The van der Waals surface area contributed by atoms with Crippen molar-refractivity contribution < 1.29 is 22.5 Å². The summed E-state index contributed by atoms with van der Waals surface area (Å²) in [7, 11) is 0. The first-order chi connectivity index (χ1) is 10.3. The van der Waals surface area contributed by atoms with Gasteiger partial charge >= 0.3 is 6.18 Å². The van der Waals surface area contributed by atoms with Gasteiger partial charge in [0.15, 0.2) is 0 Å². The summed E-state index contributed by atoms with van der Waals surface area (Å²) in [5.41, 5.74) is -0.702. The van der Waals surface area contributed by atoms with E-state index in [1.165, 1.54) is 4.90 Å². The highest BCUT2D eigenvalue weighted by atomic mass is 19.4. The van der Waals surface area contributed by atoms with E-state index in [-0.39, 0.29) is 5.56 Å². The van der Waals surface area contributed by atoms with E-state index in [1.54, 1.807) is 0 Å². The van der Waals surface area contributed by atoms with Crippen molar-refractivity contribution in [2.24, 2.45) is 0 Å². The van der Waals surface area contributed by atoms with E-state index in [4.69, 9.17) is 0 Å². The van der Waals surface area contributed by atoms with Crippen molar-refractivity contribution in [2.45, 2.75) is 18.6 Å². The van der Waals surface area contributed by atoms with Crippen molar-refractivity contribution in [3.05, 3.63) is 39.7 Å². The smallest absolute Gasteiger partial charge is 0.314 e. The fraction of sp³-hybridized carbons (Fsp3) is 0.538. The van der Waals surface area contributed by atoms with Gasteiger partial charge in [-0.15, -0.1) is 0 Å². The number of piperazine rings is 1. The van der Waals surface area contributed by atoms with Crippen LogP contribution < -0.4 is 5.32 Å². The van der Waals surface area contributed by atoms with Gasteiger partial charge in [0.2, 0.25) is 0 Å². The lowest BCUT2D eigenvalue weighted by Gasteiger charge is -2.35. The van der Waals surface area contributed by atoms with Gasteiger partial charge in [0.25, 0.3) is 5.69 Å². The largest absolute Gasteiger partial charge is 0.390 e. The molecule has 1 aromatic rings. The van der Waals surface area contributed by atoms with Gasteiger partial charge < -0.3 is 5.32 Å². The van der Waals surface area contributed by atoms with Crippen molar-refractivity contribution in [3.63, 3.8) is 0 Å². The maximum atomic E-state index is 14.0. The molecule has 22 heavy (non-hydrogen) atoms. The zero-order chi connectivity index (χ0) is 16.3. The van der Waals surface area contributed by atoms with Crippen molar-refractivity contribution in [2.75, 3.05) is 26.2 Å². The molecule has 2 rings (SSSR count). The minimum Gasteiger partial charge on any atom is -0.314 e. The highest BCUT2D eigenvalue weighted by Crippen LogP contribution is 2.36. The molecule has 1 saturated heterocycles. The number of non-ortho nitro benzene ring substituents is 1. The van der Waals surface area contributed by atoms with Crippen LogP contribution in [0.1, 0.15) is 18.0 Å². The molecule has 1 N–H and O–H groups in total. The second-order valence-electron chi connectivity index (χ2n) is 5.08. The van der Waals surface area contributed by atoms with E-state index in [0.29, 0.717) is 26.2 Å². The molecule has 0 bridgehead atoms. The maximum Gasteiger partial charge on any atom is 0.390 e. The Balaban J connectivity index is 2.38. The standard InChI is InChI=1S/C13H15F4N3O2/c14-11-2-1-9(20(21)22)7-10(11)12(8-13(15,16)17)19-5-3-18-4-6-19/h1-2,7,12,18H,3-6,8H2/t12-/m0/s1. The van der Waals surface area contributed by atoms with Crippen LogP contribution in [-0.2, 0) is 0 Å². The first-order valence-electron chi connectivity index (χ1n) is 6.73. The van der Waals surface area contributed by atoms with Gasteiger partial charge in [-0.1, -0.05) is 0 Å². The molecule has 1 heterocycles. The molecule has 1 aliphatic rings. The molecule has 1 aliphatic heterocycles. The van der Waals surface area contributed by atoms with Crippen LogP contribution in [0.15, 0.2) is 18.2 Å². The molecular weight excluding hydrogens is 306 g/mol. The van der Waals surface area contributed by atoms with Gasteiger partial charge in [0.05, 0.1) is 11.3 Å². The van der Waals surface area contributed by atoms with Crippen LogP contribution >= 0.6 is 0 Å². The molecule has 0 aromatic heterocycles. The van der Waals surface area contributed by atoms with Crippen LogP contribution in [0.25, 0.3) is 0 Å². The van der Waals surface area contributed by atoms with E-state index in [1.807, 2.05) is 0 Å². The van der Waals surface area contributed by atoms with E-state index >= 15 is 0 Å². The van der Waals surface area contributed by atoms with Crippen LogP contribution in [0.2, 0.25) is 0 Å². The number of nitrogens with zero attached hydrogens (tertiary/aromatic N) is 2. The summed E-state index contributed by atoms with van der Waals surface area (Å²) in [6, 6.07) is 1.43. The number of hydrogen-bond acceptors (Lipinski definition) is 4. The van der Waals surface area contributed by atoms with Gasteiger partial charge in [-0.2, -0.15) is 13.2 Å². The fourth-order valence-electron chi connectivity index (χ4n) is 2.55. The predicted octanol–water partition coefficient (Wildman–Crippen LogP) is 2.63. The molecule has 5 nitrogen and oxygen atoms in total. The molecule has 0 amide bonds. The lowest BCUT2D eigenvalue weighted by atomic mass is 9.99. The predicted molar refractivity (Wildman–Crippen MR) is 70.9 cm³/mol. The van der Waals surface area contributed by atoms with Crippen LogP contribution in [0.5, 0.6) is 0 Å². The van der Waals surface area contributed by atoms with Gasteiger partial charge in [0, 0.05) is 49.9 Å². The van der Waals surface area contributed by atoms with Crippen molar-refractivity contribution in [3.8, 4) is 0 Å². The summed E-state index contributed by atoms with van der Waals surface area (Å²) < 4.78 is 52.5. The van der Waals surface area contributed by atoms with Crippen molar-refractivity contribution >= 4 is 5.69 Å². The van der Waals surface area contributed by atoms with Crippen molar-refractivity contribution in [1.82, 2.24) is 10.2 Å². The Morgan fingerprint density at radius 2 is 1.95 bits per heavy atom. The van der Waals surface area contributed by atoms with Crippen LogP contribution in [-0.4, -0.2) is 42.2 Å². The third-order valence-corrected chi connectivity index (χ3v) is 3.57. The Labute approximate surface area is 124 Å². The van der Waals surface area contributed by atoms with E-state index in [0.717, 1.165) is 18.2 Å². The zero-order valence-electron chi connectivity index (χ0n) is 11.6. The van der Waals surface area contributed by atoms with Gasteiger partial charge in [0.1, 0.15) is 5.82 Å². The Hall–Kier alpha value is -1.74. The summed E-state index contributed by atoms with van der Waals surface area (Å²) >= 11 is 0. The number of halogens is 4. The quantitative estimate of drug-likeness (QED) is 0.526. The number of nitro groups is 1. The molecule has 0 unspecified atom stereocenters. The molecule has 0 radical (unpaired) electrons. The van der Waals surface area contributed by atoms with E-state index < -0.39 is 35.1 Å².